The van der Waals surface area contributed by atoms with Crippen molar-refractivity contribution >= 4 is 28.9 Å². The van der Waals surface area contributed by atoms with E-state index in [1.165, 1.54) is 0 Å². The lowest BCUT2D eigenvalue weighted by molar-refractivity contribution is 0.0972. The molecule has 0 fully saturated rings. The van der Waals surface area contributed by atoms with E-state index in [2.05, 4.69) is 10.6 Å². The normalized spacial score (nSPS) is 10.2. The highest BCUT2D eigenvalue weighted by molar-refractivity contribution is 7.80. The van der Waals surface area contributed by atoms with Crippen LogP contribution in [-0.2, 0) is 0 Å². The standard InChI is InChI=1S/C24H24N2O3S/c1-17-9-8-13-21(18(17)2)25-24(30)26-23(27)20-12-6-7-14-22(20)29-16-15-28-19-10-4-3-5-11-19/h3-14H,15-16H2,1-2H3,(H2,25,26,27,30). The Morgan fingerprint density at radius 2 is 1.57 bits per heavy atom. The molecule has 0 bridgehead atoms. The molecule has 0 aliphatic heterocycles. The van der Waals surface area contributed by atoms with E-state index in [1.54, 1.807) is 18.2 Å². The van der Waals surface area contributed by atoms with Crippen LogP contribution in [0.4, 0.5) is 5.69 Å². The van der Waals surface area contributed by atoms with Crippen LogP contribution in [0, 0.1) is 13.8 Å². The zero-order valence-electron chi connectivity index (χ0n) is 17.0. The Morgan fingerprint density at radius 3 is 2.37 bits per heavy atom. The van der Waals surface area contributed by atoms with Crippen LogP contribution in [0.2, 0.25) is 0 Å². The van der Waals surface area contributed by atoms with Crippen molar-refractivity contribution < 1.29 is 14.3 Å². The van der Waals surface area contributed by atoms with Gasteiger partial charge in [-0.2, -0.15) is 0 Å². The molecule has 5 nitrogen and oxygen atoms in total. The van der Waals surface area contributed by atoms with Gasteiger partial charge in [-0.15, -0.1) is 0 Å². The predicted molar refractivity (Wildman–Crippen MR) is 123 cm³/mol. The zero-order chi connectivity index (χ0) is 21.3. The molecular formula is C24H24N2O3S. The average molecular weight is 421 g/mol. The predicted octanol–water partition coefficient (Wildman–Crippen LogP) is 4.89. The average Bonchev–Trinajstić information content (AvgIpc) is 2.75. The lowest BCUT2D eigenvalue weighted by Gasteiger charge is -2.15. The van der Waals surface area contributed by atoms with Gasteiger partial charge in [-0.25, -0.2) is 0 Å². The summed E-state index contributed by atoms with van der Waals surface area (Å²) in [6, 6.07) is 22.4. The van der Waals surface area contributed by atoms with Crippen LogP contribution in [0.1, 0.15) is 21.5 Å². The van der Waals surface area contributed by atoms with Gasteiger partial charge in [0.05, 0.1) is 5.56 Å². The molecule has 0 aromatic heterocycles. The number of rotatable bonds is 7. The van der Waals surface area contributed by atoms with E-state index in [1.807, 2.05) is 68.4 Å². The fourth-order valence-corrected chi connectivity index (χ4v) is 3.02. The molecule has 2 N–H and O–H groups in total. The third-order valence-electron chi connectivity index (χ3n) is 4.56. The molecule has 0 saturated carbocycles. The number of carbonyl (C=O) groups is 1. The van der Waals surface area contributed by atoms with Gasteiger partial charge < -0.3 is 14.8 Å². The number of hydrogen-bond acceptors (Lipinski definition) is 4. The van der Waals surface area contributed by atoms with Crippen LogP contribution in [-0.4, -0.2) is 24.2 Å². The van der Waals surface area contributed by atoms with E-state index in [0.29, 0.717) is 24.5 Å². The third-order valence-corrected chi connectivity index (χ3v) is 4.77. The van der Waals surface area contributed by atoms with Crippen molar-refractivity contribution in [3.05, 3.63) is 89.5 Å². The Morgan fingerprint density at radius 1 is 0.867 bits per heavy atom. The number of thiocarbonyl (C=S) groups is 1. The fraction of sp³-hybridized carbons (Fsp3) is 0.167. The van der Waals surface area contributed by atoms with Crippen molar-refractivity contribution in [2.24, 2.45) is 0 Å². The van der Waals surface area contributed by atoms with Gasteiger partial charge in [0.2, 0.25) is 0 Å². The second kappa shape index (κ2) is 10.4. The van der Waals surface area contributed by atoms with Crippen LogP contribution in [0.3, 0.4) is 0 Å². The summed E-state index contributed by atoms with van der Waals surface area (Å²) in [4.78, 5) is 12.7. The first-order chi connectivity index (χ1) is 14.5. The van der Waals surface area contributed by atoms with E-state index in [0.717, 1.165) is 22.6 Å². The summed E-state index contributed by atoms with van der Waals surface area (Å²) < 4.78 is 11.4. The number of carbonyl (C=O) groups excluding carboxylic acids is 1. The monoisotopic (exact) mass is 420 g/mol. The topological polar surface area (TPSA) is 59.6 Å². The first-order valence-corrected chi connectivity index (χ1v) is 10.0. The maximum atomic E-state index is 12.7. The molecule has 0 radical (unpaired) electrons. The van der Waals surface area contributed by atoms with Gasteiger partial charge in [-0.1, -0.05) is 42.5 Å². The van der Waals surface area contributed by atoms with E-state index < -0.39 is 0 Å². The summed E-state index contributed by atoms with van der Waals surface area (Å²) in [5, 5.41) is 6.03. The molecule has 0 unspecified atom stereocenters. The van der Waals surface area contributed by atoms with Crippen molar-refractivity contribution in [3.8, 4) is 11.5 Å². The molecule has 0 heterocycles. The van der Waals surface area contributed by atoms with Gasteiger partial charge in [-0.05, 0) is 67.5 Å². The molecule has 0 atom stereocenters. The van der Waals surface area contributed by atoms with Crippen LogP contribution in [0.5, 0.6) is 11.5 Å². The summed E-state index contributed by atoms with van der Waals surface area (Å²) in [7, 11) is 0. The Hall–Kier alpha value is -3.38. The summed E-state index contributed by atoms with van der Waals surface area (Å²) in [5.41, 5.74) is 3.49. The Labute approximate surface area is 182 Å². The van der Waals surface area contributed by atoms with Gasteiger partial charge in [-0.3, -0.25) is 10.1 Å². The molecule has 3 aromatic rings. The number of amides is 1. The zero-order valence-corrected chi connectivity index (χ0v) is 17.8. The maximum Gasteiger partial charge on any atom is 0.261 e. The van der Waals surface area contributed by atoms with Crippen molar-refractivity contribution in [1.82, 2.24) is 5.32 Å². The van der Waals surface area contributed by atoms with E-state index in [9.17, 15) is 4.79 Å². The van der Waals surface area contributed by atoms with Crippen LogP contribution >= 0.6 is 12.2 Å². The highest BCUT2D eigenvalue weighted by atomic mass is 32.1. The molecule has 30 heavy (non-hydrogen) atoms. The molecular weight excluding hydrogens is 396 g/mol. The fourth-order valence-electron chi connectivity index (χ4n) is 2.82. The number of benzene rings is 3. The van der Waals surface area contributed by atoms with E-state index >= 15 is 0 Å². The highest BCUT2D eigenvalue weighted by Crippen LogP contribution is 2.20. The summed E-state index contributed by atoms with van der Waals surface area (Å²) in [5.74, 6) is 0.911. The van der Waals surface area contributed by atoms with Crippen LogP contribution in [0.25, 0.3) is 0 Å². The Kier molecular flexibility index (Phi) is 7.40. The number of ether oxygens (including phenoxy) is 2. The number of aryl methyl sites for hydroxylation is 1. The minimum absolute atomic E-state index is 0.232. The lowest BCUT2D eigenvalue weighted by Crippen LogP contribution is -2.34. The molecule has 3 rings (SSSR count). The maximum absolute atomic E-state index is 12.7. The first-order valence-electron chi connectivity index (χ1n) is 9.63. The molecule has 154 valence electrons. The third kappa shape index (κ3) is 5.81. The van der Waals surface area contributed by atoms with Crippen molar-refractivity contribution in [2.45, 2.75) is 13.8 Å². The Balaban J connectivity index is 1.56. The SMILES string of the molecule is Cc1cccc(NC(=S)NC(=O)c2ccccc2OCCOc2ccccc2)c1C. The second-order valence-corrected chi connectivity index (χ2v) is 7.07. The van der Waals surface area contributed by atoms with E-state index in [4.69, 9.17) is 21.7 Å². The largest absolute Gasteiger partial charge is 0.490 e. The molecule has 0 aliphatic carbocycles. The van der Waals surface area contributed by atoms with Gasteiger partial charge in [0.15, 0.2) is 5.11 Å². The number of hydrogen-bond donors (Lipinski definition) is 2. The molecule has 0 saturated heterocycles. The quantitative estimate of drug-likeness (QED) is 0.421. The molecule has 3 aromatic carbocycles. The van der Waals surface area contributed by atoms with Gasteiger partial charge in [0, 0.05) is 5.69 Å². The van der Waals surface area contributed by atoms with Crippen molar-refractivity contribution in [2.75, 3.05) is 18.5 Å². The minimum atomic E-state index is -0.336. The second-order valence-electron chi connectivity index (χ2n) is 6.66. The smallest absolute Gasteiger partial charge is 0.261 e. The number of para-hydroxylation sites is 2. The molecule has 6 heteroatoms. The van der Waals surface area contributed by atoms with Crippen LogP contribution in [0.15, 0.2) is 72.8 Å². The Bertz CT molecular complexity index is 1020. The van der Waals surface area contributed by atoms with Gasteiger partial charge >= 0.3 is 0 Å². The molecule has 1 amide bonds. The first kappa shape index (κ1) is 21.3. The summed E-state index contributed by atoms with van der Waals surface area (Å²) in [6.07, 6.45) is 0. The molecule has 0 aliphatic rings. The highest BCUT2D eigenvalue weighted by Gasteiger charge is 2.14. The van der Waals surface area contributed by atoms with E-state index in [-0.39, 0.29) is 11.0 Å². The number of nitrogens with one attached hydrogen (secondary N) is 2. The summed E-state index contributed by atoms with van der Waals surface area (Å²) >= 11 is 5.31. The van der Waals surface area contributed by atoms with Crippen molar-refractivity contribution in [1.29, 1.82) is 0 Å². The summed E-state index contributed by atoms with van der Waals surface area (Å²) in [6.45, 7) is 4.71. The lowest BCUT2D eigenvalue weighted by atomic mass is 10.1. The van der Waals surface area contributed by atoms with Gasteiger partial charge in [0.25, 0.3) is 5.91 Å². The molecule has 0 spiro atoms. The van der Waals surface area contributed by atoms with Gasteiger partial charge in [0.1, 0.15) is 24.7 Å². The van der Waals surface area contributed by atoms with Crippen LogP contribution < -0.4 is 20.1 Å². The minimum Gasteiger partial charge on any atom is -0.490 e. The van der Waals surface area contributed by atoms with Crippen molar-refractivity contribution in [3.63, 3.8) is 0 Å². The number of anilines is 1.